The van der Waals surface area contributed by atoms with Crippen molar-refractivity contribution in [3.63, 3.8) is 0 Å². The number of ether oxygens (including phenoxy) is 2. The fraction of sp³-hybridized carbons (Fsp3) is 0.333. The number of fused-ring (bicyclic) bond motifs is 2. The molecule has 0 unspecified atom stereocenters. The Hall–Kier alpha value is -4.58. The average Bonchev–Trinajstić information content (AvgIpc) is 3.64. The van der Waals surface area contributed by atoms with Gasteiger partial charge in [0.2, 0.25) is 0 Å². The van der Waals surface area contributed by atoms with Crippen molar-refractivity contribution in [3.05, 3.63) is 96.1 Å². The van der Waals surface area contributed by atoms with Crippen molar-refractivity contribution in [2.45, 2.75) is 71.6 Å². The molecule has 0 bridgehead atoms. The Morgan fingerprint density at radius 2 is 0.978 bits per heavy atom. The van der Waals surface area contributed by atoms with E-state index in [0.717, 1.165) is 75.6 Å². The maximum absolute atomic E-state index is 6.09. The van der Waals surface area contributed by atoms with Crippen molar-refractivity contribution in [1.82, 2.24) is 19.9 Å². The summed E-state index contributed by atoms with van der Waals surface area (Å²) in [6.07, 6.45) is 2.95. The second-order valence-electron chi connectivity index (χ2n) is 13.9. The number of rotatable bonds is 10. The van der Waals surface area contributed by atoms with E-state index >= 15 is 0 Å². The molecular weight excluding hydrogens is 556 g/mol. The largest absolute Gasteiger partial charge is 0.494 e. The van der Waals surface area contributed by atoms with Crippen LogP contribution in [-0.2, 0) is 10.8 Å². The number of benzene rings is 4. The van der Waals surface area contributed by atoms with Crippen LogP contribution in [0.3, 0.4) is 0 Å². The summed E-state index contributed by atoms with van der Waals surface area (Å²) in [5, 5.41) is 0. The monoisotopic (exact) mass is 600 g/mol. The topological polar surface area (TPSA) is 75.8 Å². The van der Waals surface area contributed by atoms with Crippen molar-refractivity contribution < 1.29 is 9.47 Å². The molecule has 0 saturated heterocycles. The molecule has 6 heteroatoms. The SMILES string of the molecule is CC(C)(C)c1ccc2nc(-c3cccc(OCCCCCOc4cccc(-c5nc6ccc(C(C)(C)C)cc6[nH]5)c4)c3)[nH]c2c1. The molecule has 6 nitrogen and oxygen atoms in total. The van der Waals surface area contributed by atoms with Gasteiger partial charge in [0.05, 0.1) is 35.3 Å². The zero-order valence-corrected chi connectivity index (χ0v) is 27.3. The lowest BCUT2D eigenvalue weighted by atomic mass is 9.87. The van der Waals surface area contributed by atoms with Crippen LogP contribution in [0.15, 0.2) is 84.9 Å². The Morgan fingerprint density at radius 3 is 1.40 bits per heavy atom. The number of nitrogens with one attached hydrogen (secondary N) is 2. The highest BCUT2D eigenvalue weighted by Crippen LogP contribution is 2.30. The Kier molecular flexibility index (Phi) is 8.41. The first-order chi connectivity index (χ1) is 21.5. The third kappa shape index (κ3) is 7.22. The number of nitrogens with zero attached hydrogens (tertiary/aromatic N) is 2. The summed E-state index contributed by atoms with van der Waals surface area (Å²) in [6.45, 7) is 14.7. The van der Waals surface area contributed by atoms with E-state index in [4.69, 9.17) is 19.4 Å². The minimum absolute atomic E-state index is 0.0952. The molecule has 2 aromatic heterocycles. The van der Waals surface area contributed by atoms with E-state index < -0.39 is 0 Å². The highest BCUT2D eigenvalue weighted by molar-refractivity contribution is 5.81. The number of aromatic nitrogens is 4. The Bertz CT molecular complexity index is 1780. The minimum atomic E-state index is 0.0952. The Balaban J connectivity index is 0.972. The predicted molar refractivity (Wildman–Crippen MR) is 185 cm³/mol. The van der Waals surface area contributed by atoms with E-state index in [1.807, 2.05) is 24.3 Å². The zero-order chi connectivity index (χ0) is 31.6. The van der Waals surface area contributed by atoms with Crippen LogP contribution in [0.2, 0.25) is 0 Å². The molecule has 0 fully saturated rings. The zero-order valence-electron chi connectivity index (χ0n) is 27.3. The number of hydrogen-bond acceptors (Lipinski definition) is 4. The lowest BCUT2D eigenvalue weighted by molar-refractivity contribution is 0.279. The van der Waals surface area contributed by atoms with E-state index in [1.165, 1.54) is 11.1 Å². The fourth-order valence-corrected chi connectivity index (χ4v) is 5.45. The van der Waals surface area contributed by atoms with Crippen LogP contribution in [0.25, 0.3) is 44.8 Å². The Morgan fingerprint density at radius 1 is 0.533 bits per heavy atom. The van der Waals surface area contributed by atoms with Gasteiger partial charge in [0.25, 0.3) is 0 Å². The lowest BCUT2D eigenvalue weighted by Crippen LogP contribution is -2.10. The van der Waals surface area contributed by atoms with Gasteiger partial charge in [-0.2, -0.15) is 0 Å². The summed E-state index contributed by atoms with van der Waals surface area (Å²) in [5.41, 5.74) is 8.88. The van der Waals surface area contributed by atoms with E-state index in [9.17, 15) is 0 Å². The van der Waals surface area contributed by atoms with Crippen molar-refractivity contribution >= 4 is 22.1 Å². The summed E-state index contributed by atoms with van der Waals surface area (Å²) in [6, 6.07) is 29.2. The van der Waals surface area contributed by atoms with Gasteiger partial charge in [0.1, 0.15) is 23.1 Å². The molecule has 0 aliphatic rings. The maximum atomic E-state index is 6.09. The van der Waals surface area contributed by atoms with Crippen LogP contribution < -0.4 is 9.47 Å². The highest BCUT2D eigenvalue weighted by Gasteiger charge is 2.17. The summed E-state index contributed by atoms with van der Waals surface area (Å²) in [7, 11) is 0. The predicted octanol–water partition coefficient (Wildman–Crippen LogP) is 10.00. The van der Waals surface area contributed by atoms with Crippen molar-refractivity contribution in [2.24, 2.45) is 0 Å². The molecule has 2 N–H and O–H groups in total. The van der Waals surface area contributed by atoms with Gasteiger partial charge >= 0.3 is 0 Å². The van der Waals surface area contributed by atoms with Crippen molar-refractivity contribution in [1.29, 1.82) is 0 Å². The van der Waals surface area contributed by atoms with Crippen LogP contribution in [0.1, 0.15) is 71.9 Å². The van der Waals surface area contributed by atoms with Gasteiger partial charge in [-0.1, -0.05) is 77.9 Å². The van der Waals surface area contributed by atoms with Crippen LogP contribution in [0.4, 0.5) is 0 Å². The lowest BCUT2D eigenvalue weighted by Gasteiger charge is -2.18. The van der Waals surface area contributed by atoms with Gasteiger partial charge < -0.3 is 19.4 Å². The molecule has 0 radical (unpaired) electrons. The second kappa shape index (κ2) is 12.4. The molecule has 232 valence electrons. The highest BCUT2D eigenvalue weighted by atomic mass is 16.5. The third-order valence-corrected chi connectivity index (χ3v) is 8.24. The summed E-state index contributed by atoms with van der Waals surface area (Å²) < 4.78 is 12.2. The van der Waals surface area contributed by atoms with Gasteiger partial charge in [0, 0.05) is 11.1 Å². The van der Waals surface area contributed by atoms with Crippen LogP contribution in [-0.4, -0.2) is 33.1 Å². The average molecular weight is 601 g/mol. The molecule has 6 rings (SSSR count). The molecule has 6 aromatic rings. The number of aromatic amines is 2. The van der Waals surface area contributed by atoms with Gasteiger partial charge in [-0.05, 0) is 89.8 Å². The normalized spacial score (nSPS) is 12.2. The molecule has 0 aliphatic carbocycles. The molecule has 0 atom stereocenters. The standard InChI is InChI=1S/C39H44N4O2/c1-38(2,3)28-16-18-32-34(24-28)42-36(40-32)26-12-10-14-30(22-26)44-20-8-7-9-21-45-31-15-11-13-27(23-31)37-41-33-19-17-29(39(4,5)6)25-35(33)43-37/h10-19,22-25H,7-9,20-21H2,1-6H3,(H,40,42)(H,41,43). The van der Waals surface area contributed by atoms with Gasteiger partial charge in [-0.3, -0.25) is 0 Å². The summed E-state index contributed by atoms with van der Waals surface area (Å²) >= 11 is 0. The molecule has 0 saturated carbocycles. The second-order valence-corrected chi connectivity index (χ2v) is 13.9. The first-order valence-electron chi connectivity index (χ1n) is 16.0. The fourth-order valence-electron chi connectivity index (χ4n) is 5.45. The van der Waals surface area contributed by atoms with Crippen molar-refractivity contribution in [3.8, 4) is 34.3 Å². The molecule has 0 amide bonds. The molecule has 45 heavy (non-hydrogen) atoms. The molecule has 0 spiro atoms. The Labute approximate surface area is 266 Å². The van der Waals surface area contributed by atoms with Crippen LogP contribution in [0, 0.1) is 0 Å². The smallest absolute Gasteiger partial charge is 0.138 e. The molecular formula is C39H44N4O2. The summed E-state index contributed by atoms with van der Waals surface area (Å²) in [4.78, 5) is 16.6. The minimum Gasteiger partial charge on any atom is -0.494 e. The van der Waals surface area contributed by atoms with E-state index in [2.05, 4.69) is 112 Å². The van der Waals surface area contributed by atoms with E-state index in [1.54, 1.807) is 0 Å². The molecule has 2 heterocycles. The molecule has 0 aliphatic heterocycles. The van der Waals surface area contributed by atoms with Gasteiger partial charge in [0.15, 0.2) is 0 Å². The number of unbranched alkanes of at least 4 members (excludes halogenated alkanes) is 2. The quantitative estimate of drug-likeness (QED) is 0.153. The van der Waals surface area contributed by atoms with E-state index in [0.29, 0.717) is 13.2 Å². The number of imidazole rings is 2. The third-order valence-electron chi connectivity index (χ3n) is 8.24. The first-order valence-corrected chi connectivity index (χ1v) is 16.0. The number of hydrogen-bond donors (Lipinski definition) is 2. The van der Waals surface area contributed by atoms with Crippen LogP contribution >= 0.6 is 0 Å². The van der Waals surface area contributed by atoms with Gasteiger partial charge in [-0.25, -0.2) is 9.97 Å². The van der Waals surface area contributed by atoms with Gasteiger partial charge in [-0.15, -0.1) is 0 Å². The number of H-pyrrole nitrogens is 2. The maximum Gasteiger partial charge on any atom is 0.138 e. The molecule has 4 aromatic carbocycles. The van der Waals surface area contributed by atoms with E-state index in [-0.39, 0.29) is 10.8 Å². The summed E-state index contributed by atoms with van der Waals surface area (Å²) in [5.74, 6) is 3.43. The first kappa shape index (κ1) is 30.4. The van der Waals surface area contributed by atoms with Crippen molar-refractivity contribution in [2.75, 3.05) is 13.2 Å². The van der Waals surface area contributed by atoms with Crippen LogP contribution in [0.5, 0.6) is 11.5 Å².